The van der Waals surface area contributed by atoms with Gasteiger partial charge in [0.25, 0.3) is 0 Å². The fourth-order valence-corrected chi connectivity index (χ4v) is 3.10. The van der Waals surface area contributed by atoms with E-state index >= 15 is 0 Å². The molecule has 1 unspecified atom stereocenters. The second-order valence-electron chi connectivity index (χ2n) is 6.77. The summed E-state index contributed by atoms with van der Waals surface area (Å²) in [6.45, 7) is 4.94. The van der Waals surface area contributed by atoms with Crippen molar-refractivity contribution in [2.45, 2.75) is 26.7 Å². The van der Waals surface area contributed by atoms with Gasteiger partial charge in [0.1, 0.15) is 11.5 Å². The number of carboxylic acid groups (broad SMARTS) is 1. The molecule has 26 heavy (non-hydrogen) atoms. The molecular formula is C21H23NO4. The first-order valence-electron chi connectivity index (χ1n) is 8.77. The zero-order chi connectivity index (χ0) is 18.7. The van der Waals surface area contributed by atoms with Crippen LogP contribution in [0.1, 0.15) is 23.1 Å². The quantitative estimate of drug-likeness (QED) is 0.862. The Morgan fingerprint density at radius 1 is 1.19 bits per heavy atom. The Balaban J connectivity index is 1.57. The summed E-state index contributed by atoms with van der Waals surface area (Å²) in [5.74, 6) is 0.0719. The molecule has 1 amide bonds. The average molecular weight is 353 g/mol. The molecule has 0 spiro atoms. The Kier molecular flexibility index (Phi) is 5.26. The van der Waals surface area contributed by atoms with Crippen LogP contribution in [0.25, 0.3) is 0 Å². The number of amides is 1. The molecule has 1 N–H and O–H groups in total. The highest BCUT2D eigenvalue weighted by Crippen LogP contribution is 2.27. The van der Waals surface area contributed by atoms with Gasteiger partial charge < -0.3 is 14.7 Å². The maximum Gasteiger partial charge on any atom is 0.308 e. The molecule has 1 aliphatic heterocycles. The van der Waals surface area contributed by atoms with Gasteiger partial charge in [-0.1, -0.05) is 24.3 Å². The van der Waals surface area contributed by atoms with E-state index < -0.39 is 11.9 Å². The van der Waals surface area contributed by atoms with Crippen molar-refractivity contribution in [3.05, 3.63) is 59.2 Å². The molecule has 1 heterocycles. The van der Waals surface area contributed by atoms with Crippen LogP contribution in [0, 0.1) is 19.8 Å². The summed E-state index contributed by atoms with van der Waals surface area (Å²) in [5.41, 5.74) is 3.40. The first-order chi connectivity index (χ1) is 12.4. The third kappa shape index (κ3) is 4.04. The lowest BCUT2D eigenvalue weighted by atomic mass is 10.1. The van der Waals surface area contributed by atoms with Gasteiger partial charge in [0.15, 0.2) is 0 Å². The Morgan fingerprint density at radius 3 is 2.58 bits per heavy atom. The van der Waals surface area contributed by atoms with Crippen molar-refractivity contribution in [1.29, 1.82) is 0 Å². The molecule has 1 saturated heterocycles. The Labute approximate surface area is 153 Å². The number of aryl methyl sites for hydroxylation is 1. The molecule has 136 valence electrons. The predicted molar refractivity (Wildman–Crippen MR) is 98.5 cm³/mol. The van der Waals surface area contributed by atoms with Gasteiger partial charge in [0.2, 0.25) is 5.91 Å². The lowest BCUT2D eigenvalue weighted by molar-refractivity contribution is -0.141. The lowest BCUT2D eigenvalue weighted by Crippen LogP contribution is -2.28. The Morgan fingerprint density at radius 2 is 1.92 bits per heavy atom. The summed E-state index contributed by atoms with van der Waals surface area (Å²) in [6.07, 6.45) is 0.805. The van der Waals surface area contributed by atoms with E-state index in [4.69, 9.17) is 9.84 Å². The van der Waals surface area contributed by atoms with E-state index in [9.17, 15) is 9.59 Å². The van der Waals surface area contributed by atoms with Crippen LogP contribution in [0.4, 0.5) is 0 Å². The average Bonchev–Trinajstić information content (AvgIpc) is 2.99. The number of benzene rings is 2. The van der Waals surface area contributed by atoms with E-state index in [1.165, 1.54) is 5.56 Å². The zero-order valence-corrected chi connectivity index (χ0v) is 15.1. The minimum atomic E-state index is -0.895. The van der Waals surface area contributed by atoms with E-state index in [0.717, 1.165) is 22.6 Å². The fourth-order valence-electron chi connectivity index (χ4n) is 3.10. The molecule has 0 aromatic heterocycles. The normalized spacial score (nSPS) is 16.8. The van der Waals surface area contributed by atoms with E-state index in [1.54, 1.807) is 4.90 Å². The molecule has 1 fully saturated rings. The number of hydrogen-bond acceptors (Lipinski definition) is 3. The number of rotatable bonds is 6. The van der Waals surface area contributed by atoms with E-state index in [0.29, 0.717) is 19.5 Å². The molecule has 2 aromatic rings. The highest BCUT2D eigenvalue weighted by atomic mass is 16.5. The molecule has 5 nitrogen and oxygen atoms in total. The maximum atomic E-state index is 11.9. The summed E-state index contributed by atoms with van der Waals surface area (Å²) >= 11 is 0. The van der Waals surface area contributed by atoms with Gasteiger partial charge in [0, 0.05) is 19.5 Å². The summed E-state index contributed by atoms with van der Waals surface area (Å²) in [4.78, 5) is 24.5. The molecule has 1 aliphatic rings. The van der Waals surface area contributed by atoms with E-state index in [-0.39, 0.29) is 12.3 Å². The van der Waals surface area contributed by atoms with Crippen LogP contribution in [-0.2, 0) is 16.0 Å². The fraction of sp³-hybridized carbons (Fsp3) is 0.333. The lowest BCUT2D eigenvalue weighted by Gasteiger charge is -2.16. The van der Waals surface area contributed by atoms with Gasteiger partial charge in [-0.05, 0) is 55.2 Å². The SMILES string of the molecule is Cc1cccc(Oc2ccc(CCN3CC(C(=O)O)CC3=O)cc2)c1C. The molecule has 5 heteroatoms. The number of carbonyl (C=O) groups excluding carboxylic acids is 1. The summed E-state index contributed by atoms with van der Waals surface area (Å²) in [6, 6.07) is 13.8. The molecule has 2 aromatic carbocycles. The van der Waals surface area contributed by atoms with Crippen molar-refractivity contribution in [3.63, 3.8) is 0 Å². The molecule has 0 radical (unpaired) electrons. The maximum absolute atomic E-state index is 11.9. The second-order valence-corrected chi connectivity index (χ2v) is 6.77. The van der Waals surface area contributed by atoms with E-state index in [2.05, 4.69) is 13.0 Å². The second kappa shape index (κ2) is 7.60. The van der Waals surface area contributed by atoms with Crippen LogP contribution in [-0.4, -0.2) is 35.0 Å². The van der Waals surface area contributed by atoms with Gasteiger partial charge in [-0.2, -0.15) is 0 Å². The van der Waals surface area contributed by atoms with Gasteiger partial charge in [0.05, 0.1) is 5.92 Å². The predicted octanol–water partition coefficient (Wildman–Crippen LogP) is 3.57. The number of hydrogen-bond donors (Lipinski definition) is 1. The largest absolute Gasteiger partial charge is 0.481 e. The van der Waals surface area contributed by atoms with Gasteiger partial charge in [-0.15, -0.1) is 0 Å². The third-order valence-corrected chi connectivity index (χ3v) is 4.94. The first kappa shape index (κ1) is 18.0. The molecule has 0 aliphatic carbocycles. The monoisotopic (exact) mass is 353 g/mol. The first-order valence-corrected chi connectivity index (χ1v) is 8.77. The minimum Gasteiger partial charge on any atom is -0.481 e. The molecule has 3 rings (SSSR count). The molecule has 0 saturated carbocycles. The summed E-state index contributed by atoms with van der Waals surface area (Å²) in [7, 11) is 0. The smallest absolute Gasteiger partial charge is 0.308 e. The molecule has 1 atom stereocenters. The van der Waals surface area contributed by atoms with Crippen LogP contribution < -0.4 is 4.74 Å². The van der Waals surface area contributed by atoms with Crippen LogP contribution in [0.15, 0.2) is 42.5 Å². The summed E-state index contributed by atoms with van der Waals surface area (Å²) in [5, 5.41) is 9.03. The number of aliphatic carboxylic acids is 1. The highest BCUT2D eigenvalue weighted by molar-refractivity contribution is 5.86. The minimum absolute atomic E-state index is 0.0766. The van der Waals surface area contributed by atoms with Gasteiger partial charge in [-0.25, -0.2) is 0 Å². The van der Waals surface area contributed by atoms with Crippen LogP contribution >= 0.6 is 0 Å². The summed E-state index contributed by atoms with van der Waals surface area (Å²) < 4.78 is 5.95. The molecular weight excluding hydrogens is 330 g/mol. The van der Waals surface area contributed by atoms with Crippen molar-refractivity contribution >= 4 is 11.9 Å². The van der Waals surface area contributed by atoms with E-state index in [1.807, 2.05) is 43.3 Å². The number of nitrogens with zero attached hydrogens (tertiary/aromatic N) is 1. The Bertz CT molecular complexity index is 813. The third-order valence-electron chi connectivity index (χ3n) is 4.94. The number of carbonyl (C=O) groups is 2. The van der Waals surface area contributed by atoms with Crippen molar-refractivity contribution in [2.75, 3.05) is 13.1 Å². The van der Waals surface area contributed by atoms with Crippen molar-refractivity contribution in [3.8, 4) is 11.5 Å². The number of ether oxygens (including phenoxy) is 1. The van der Waals surface area contributed by atoms with Gasteiger partial charge in [-0.3, -0.25) is 9.59 Å². The van der Waals surface area contributed by atoms with Crippen molar-refractivity contribution in [1.82, 2.24) is 4.90 Å². The number of carboxylic acids is 1. The highest BCUT2D eigenvalue weighted by Gasteiger charge is 2.33. The standard InChI is InChI=1S/C21H23NO4/c1-14-4-3-5-19(15(14)2)26-18-8-6-16(7-9-18)10-11-22-13-17(21(24)25)12-20(22)23/h3-9,17H,10-13H2,1-2H3,(H,24,25). The number of likely N-dealkylation sites (tertiary alicyclic amines) is 1. The van der Waals surface area contributed by atoms with Crippen LogP contribution in [0.2, 0.25) is 0 Å². The van der Waals surface area contributed by atoms with Crippen LogP contribution in [0.3, 0.4) is 0 Å². The Hall–Kier alpha value is -2.82. The van der Waals surface area contributed by atoms with Gasteiger partial charge >= 0.3 is 5.97 Å². The van der Waals surface area contributed by atoms with Crippen molar-refractivity contribution < 1.29 is 19.4 Å². The van der Waals surface area contributed by atoms with Crippen LogP contribution in [0.5, 0.6) is 11.5 Å². The topological polar surface area (TPSA) is 66.8 Å². The van der Waals surface area contributed by atoms with Crippen molar-refractivity contribution in [2.24, 2.45) is 5.92 Å². The molecule has 0 bridgehead atoms. The zero-order valence-electron chi connectivity index (χ0n) is 15.1.